The molecule has 5 heteroatoms. The maximum Gasteiger partial charge on any atom is 0.326 e. The predicted octanol–water partition coefficient (Wildman–Crippen LogP) is 0.782. The lowest BCUT2D eigenvalue weighted by atomic mass is 9.93. The number of amides is 1. The number of rotatable bonds is 5. The Hall–Kier alpha value is -1.10. The van der Waals surface area contributed by atoms with E-state index in [0.29, 0.717) is 19.6 Å². The SMILES string of the molecule is CCCC(=O)NC(C(=O)O)C1CCCOC1. The number of carbonyl (C=O) groups is 2. The molecule has 0 bridgehead atoms. The minimum absolute atomic E-state index is 0.105. The van der Waals surface area contributed by atoms with Gasteiger partial charge in [-0.3, -0.25) is 4.79 Å². The van der Waals surface area contributed by atoms with Gasteiger partial charge in [0.15, 0.2) is 0 Å². The van der Waals surface area contributed by atoms with Gasteiger partial charge in [0.05, 0.1) is 6.61 Å². The highest BCUT2D eigenvalue weighted by molar-refractivity contribution is 5.83. The molecule has 5 nitrogen and oxygen atoms in total. The Morgan fingerprint density at radius 3 is 2.81 bits per heavy atom. The molecule has 1 amide bonds. The molecule has 92 valence electrons. The summed E-state index contributed by atoms with van der Waals surface area (Å²) in [5.74, 6) is -1.27. The third kappa shape index (κ3) is 3.81. The molecule has 1 heterocycles. The summed E-state index contributed by atoms with van der Waals surface area (Å²) in [4.78, 5) is 22.5. The van der Waals surface area contributed by atoms with Crippen LogP contribution in [0.25, 0.3) is 0 Å². The van der Waals surface area contributed by atoms with E-state index in [1.807, 2.05) is 6.92 Å². The van der Waals surface area contributed by atoms with Gasteiger partial charge in [0.2, 0.25) is 5.91 Å². The minimum Gasteiger partial charge on any atom is -0.480 e. The zero-order valence-corrected chi connectivity index (χ0v) is 9.57. The van der Waals surface area contributed by atoms with Gasteiger partial charge < -0.3 is 15.2 Å². The van der Waals surface area contributed by atoms with Gasteiger partial charge in [-0.2, -0.15) is 0 Å². The zero-order chi connectivity index (χ0) is 12.0. The van der Waals surface area contributed by atoms with E-state index in [-0.39, 0.29) is 11.8 Å². The van der Waals surface area contributed by atoms with Crippen molar-refractivity contribution in [3.8, 4) is 0 Å². The summed E-state index contributed by atoms with van der Waals surface area (Å²) in [5, 5.41) is 11.6. The molecule has 1 rings (SSSR count). The average molecular weight is 229 g/mol. The molecular formula is C11H19NO4. The van der Waals surface area contributed by atoms with Crippen LogP contribution in [0.3, 0.4) is 0 Å². The van der Waals surface area contributed by atoms with Gasteiger partial charge in [-0.05, 0) is 19.3 Å². The Morgan fingerprint density at radius 1 is 1.56 bits per heavy atom. The summed E-state index contributed by atoms with van der Waals surface area (Å²) < 4.78 is 5.24. The molecule has 0 spiro atoms. The van der Waals surface area contributed by atoms with Crippen molar-refractivity contribution in [1.29, 1.82) is 0 Å². The first-order valence-corrected chi connectivity index (χ1v) is 5.75. The minimum atomic E-state index is -0.972. The third-order valence-electron chi connectivity index (χ3n) is 2.73. The van der Waals surface area contributed by atoms with Crippen molar-refractivity contribution < 1.29 is 19.4 Å². The van der Waals surface area contributed by atoms with Gasteiger partial charge in [-0.1, -0.05) is 6.92 Å². The quantitative estimate of drug-likeness (QED) is 0.730. The number of carbonyl (C=O) groups excluding carboxylic acids is 1. The van der Waals surface area contributed by atoms with Crippen LogP contribution in [0.1, 0.15) is 32.6 Å². The first-order chi connectivity index (χ1) is 7.65. The highest BCUT2D eigenvalue weighted by atomic mass is 16.5. The topological polar surface area (TPSA) is 75.6 Å². The van der Waals surface area contributed by atoms with Gasteiger partial charge in [0.1, 0.15) is 6.04 Å². The molecule has 0 aliphatic carbocycles. The van der Waals surface area contributed by atoms with Gasteiger partial charge in [-0.25, -0.2) is 4.79 Å². The van der Waals surface area contributed by atoms with E-state index in [9.17, 15) is 9.59 Å². The van der Waals surface area contributed by atoms with E-state index in [1.165, 1.54) is 0 Å². The zero-order valence-electron chi connectivity index (χ0n) is 9.57. The monoisotopic (exact) mass is 229 g/mol. The average Bonchev–Trinajstić information content (AvgIpc) is 2.27. The lowest BCUT2D eigenvalue weighted by Gasteiger charge is -2.28. The van der Waals surface area contributed by atoms with Crippen LogP contribution in [-0.4, -0.2) is 36.2 Å². The second-order valence-electron chi connectivity index (χ2n) is 4.11. The van der Waals surface area contributed by atoms with Gasteiger partial charge in [-0.15, -0.1) is 0 Å². The Morgan fingerprint density at radius 2 is 2.31 bits per heavy atom. The van der Waals surface area contributed by atoms with E-state index in [0.717, 1.165) is 19.3 Å². The summed E-state index contributed by atoms with van der Waals surface area (Å²) in [6, 6.07) is -0.806. The van der Waals surface area contributed by atoms with Crippen LogP contribution in [0.4, 0.5) is 0 Å². The van der Waals surface area contributed by atoms with Crippen molar-refractivity contribution in [3.05, 3.63) is 0 Å². The number of hydrogen-bond donors (Lipinski definition) is 2. The van der Waals surface area contributed by atoms with E-state index in [4.69, 9.17) is 9.84 Å². The summed E-state index contributed by atoms with van der Waals surface area (Å²) >= 11 is 0. The first kappa shape index (κ1) is 13.0. The number of nitrogens with one attached hydrogen (secondary N) is 1. The number of carboxylic acids is 1. The van der Waals surface area contributed by atoms with Crippen LogP contribution in [0.15, 0.2) is 0 Å². The maximum atomic E-state index is 11.4. The van der Waals surface area contributed by atoms with E-state index in [1.54, 1.807) is 0 Å². The molecule has 0 aromatic heterocycles. The number of aliphatic carboxylic acids is 1. The lowest BCUT2D eigenvalue weighted by Crippen LogP contribution is -2.48. The largest absolute Gasteiger partial charge is 0.480 e. The van der Waals surface area contributed by atoms with Crippen molar-refractivity contribution in [1.82, 2.24) is 5.32 Å². The molecule has 1 aliphatic heterocycles. The van der Waals surface area contributed by atoms with Gasteiger partial charge >= 0.3 is 5.97 Å². The molecule has 2 N–H and O–H groups in total. The fraction of sp³-hybridized carbons (Fsp3) is 0.818. The molecule has 1 fully saturated rings. The normalized spacial score (nSPS) is 22.4. The first-order valence-electron chi connectivity index (χ1n) is 5.75. The number of hydrogen-bond acceptors (Lipinski definition) is 3. The van der Waals surface area contributed by atoms with Gasteiger partial charge in [0.25, 0.3) is 0 Å². The maximum absolute atomic E-state index is 11.4. The van der Waals surface area contributed by atoms with Gasteiger partial charge in [0, 0.05) is 18.9 Å². The van der Waals surface area contributed by atoms with E-state index >= 15 is 0 Å². The van der Waals surface area contributed by atoms with Crippen LogP contribution in [0, 0.1) is 5.92 Å². The Bertz CT molecular complexity index is 246. The van der Waals surface area contributed by atoms with E-state index in [2.05, 4.69) is 5.32 Å². The number of ether oxygens (including phenoxy) is 1. The Balaban J connectivity index is 2.52. The highest BCUT2D eigenvalue weighted by Gasteiger charge is 2.30. The summed E-state index contributed by atoms with van der Waals surface area (Å²) in [7, 11) is 0. The molecule has 1 aliphatic rings. The number of carboxylic acid groups (broad SMARTS) is 1. The fourth-order valence-electron chi connectivity index (χ4n) is 1.88. The highest BCUT2D eigenvalue weighted by Crippen LogP contribution is 2.17. The predicted molar refractivity (Wildman–Crippen MR) is 58.0 cm³/mol. The lowest BCUT2D eigenvalue weighted by molar-refractivity contribution is -0.145. The Kier molecular flexibility index (Phi) is 5.25. The molecule has 0 radical (unpaired) electrons. The molecule has 0 saturated carbocycles. The van der Waals surface area contributed by atoms with Crippen molar-refractivity contribution in [3.63, 3.8) is 0 Å². The summed E-state index contributed by atoms with van der Waals surface area (Å²) in [5.41, 5.74) is 0. The van der Waals surface area contributed by atoms with E-state index < -0.39 is 12.0 Å². The van der Waals surface area contributed by atoms with Crippen molar-refractivity contribution in [2.75, 3.05) is 13.2 Å². The molecule has 0 aromatic carbocycles. The second kappa shape index (κ2) is 6.48. The molecular weight excluding hydrogens is 210 g/mol. The van der Waals surface area contributed by atoms with Crippen LogP contribution < -0.4 is 5.32 Å². The third-order valence-corrected chi connectivity index (χ3v) is 2.73. The smallest absolute Gasteiger partial charge is 0.326 e. The fourth-order valence-corrected chi connectivity index (χ4v) is 1.88. The molecule has 0 aromatic rings. The molecule has 1 saturated heterocycles. The van der Waals surface area contributed by atoms with Crippen LogP contribution in [0.2, 0.25) is 0 Å². The van der Waals surface area contributed by atoms with Crippen LogP contribution in [0.5, 0.6) is 0 Å². The molecule has 2 unspecified atom stereocenters. The van der Waals surface area contributed by atoms with Crippen LogP contribution >= 0.6 is 0 Å². The summed E-state index contributed by atoms with van der Waals surface area (Å²) in [6.07, 6.45) is 2.75. The van der Waals surface area contributed by atoms with Crippen molar-refractivity contribution in [2.24, 2.45) is 5.92 Å². The summed E-state index contributed by atoms with van der Waals surface area (Å²) in [6.45, 7) is 2.99. The molecule has 2 atom stereocenters. The van der Waals surface area contributed by atoms with Crippen molar-refractivity contribution >= 4 is 11.9 Å². The van der Waals surface area contributed by atoms with Crippen molar-refractivity contribution in [2.45, 2.75) is 38.6 Å². The van der Waals surface area contributed by atoms with Crippen LogP contribution in [-0.2, 0) is 14.3 Å². The molecule has 16 heavy (non-hydrogen) atoms. The Labute approximate surface area is 95.2 Å². The standard InChI is InChI=1S/C11H19NO4/c1-2-4-9(13)12-10(11(14)15)8-5-3-6-16-7-8/h8,10H,2-7H2,1H3,(H,12,13)(H,14,15). The second-order valence-corrected chi connectivity index (χ2v) is 4.11.